The molecule has 100 valence electrons. The van der Waals surface area contributed by atoms with Gasteiger partial charge in [-0.25, -0.2) is 4.39 Å². The first-order valence-electron chi connectivity index (χ1n) is 5.61. The van der Waals surface area contributed by atoms with Crippen molar-refractivity contribution < 1.29 is 4.39 Å². The fraction of sp³-hybridized carbons (Fsp3) is 0.143. The van der Waals surface area contributed by atoms with E-state index in [-0.39, 0.29) is 11.9 Å². The van der Waals surface area contributed by atoms with Crippen molar-refractivity contribution in [1.82, 2.24) is 0 Å². The summed E-state index contributed by atoms with van der Waals surface area (Å²) in [4.78, 5) is 0. The fourth-order valence-electron chi connectivity index (χ4n) is 1.84. The molecule has 0 radical (unpaired) electrons. The van der Waals surface area contributed by atoms with Gasteiger partial charge in [0.2, 0.25) is 0 Å². The Morgan fingerprint density at radius 1 is 1.16 bits per heavy atom. The van der Waals surface area contributed by atoms with Crippen molar-refractivity contribution in [3.05, 3.63) is 67.9 Å². The summed E-state index contributed by atoms with van der Waals surface area (Å²) in [6, 6.07) is 9.49. The molecule has 0 saturated carbocycles. The molecule has 0 amide bonds. The zero-order chi connectivity index (χ0) is 14.0. The molecule has 0 aliphatic rings. The van der Waals surface area contributed by atoms with Crippen molar-refractivity contribution in [2.45, 2.75) is 12.5 Å². The third kappa shape index (κ3) is 3.93. The number of hydrogen-bond acceptors (Lipinski definition) is 1. The van der Waals surface area contributed by atoms with E-state index in [1.165, 1.54) is 12.1 Å². The van der Waals surface area contributed by atoms with Crippen molar-refractivity contribution in [3.63, 3.8) is 0 Å². The summed E-state index contributed by atoms with van der Waals surface area (Å²) < 4.78 is 14.0. The lowest BCUT2D eigenvalue weighted by atomic mass is 9.99. The quantitative estimate of drug-likeness (QED) is 0.803. The van der Waals surface area contributed by atoms with Gasteiger partial charge in [-0.15, -0.1) is 0 Å². The van der Waals surface area contributed by atoms with Crippen LogP contribution < -0.4 is 5.73 Å². The van der Waals surface area contributed by atoms with Gasteiger partial charge in [-0.1, -0.05) is 39.1 Å². The zero-order valence-electron chi connectivity index (χ0n) is 9.84. The molecule has 0 bridgehead atoms. The highest BCUT2D eigenvalue weighted by Gasteiger charge is 2.12. The molecule has 0 aliphatic carbocycles. The van der Waals surface area contributed by atoms with Gasteiger partial charge >= 0.3 is 0 Å². The van der Waals surface area contributed by atoms with Crippen molar-refractivity contribution in [2.24, 2.45) is 5.73 Å². The maximum atomic E-state index is 13.3. The van der Waals surface area contributed by atoms with Crippen LogP contribution in [0.1, 0.15) is 17.2 Å². The van der Waals surface area contributed by atoms with E-state index < -0.39 is 0 Å². The number of rotatable bonds is 3. The van der Waals surface area contributed by atoms with Crippen molar-refractivity contribution in [2.75, 3.05) is 0 Å². The van der Waals surface area contributed by atoms with E-state index in [0.717, 1.165) is 5.56 Å². The SMILES string of the molecule is NC(Cc1cc(Cl)ccc1Cl)c1cc(F)cc(Br)c1. The highest BCUT2D eigenvalue weighted by atomic mass is 79.9. The predicted octanol–water partition coefficient (Wildman–Crippen LogP) is 5.14. The van der Waals surface area contributed by atoms with Crippen LogP contribution in [0.2, 0.25) is 10.0 Å². The molecule has 0 saturated heterocycles. The maximum Gasteiger partial charge on any atom is 0.124 e. The standard InChI is InChI=1S/C14H11BrCl2FN/c15-10-3-9(5-12(18)7-10)14(19)6-8-4-11(16)1-2-13(8)17/h1-5,7,14H,6,19H2. The van der Waals surface area contributed by atoms with E-state index in [9.17, 15) is 4.39 Å². The van der Waals surface area contributed by atoms with Crippen molar-refractivity contribution >= 4 is 39.1 Å². The van der Waals surface area contributed by atoms with E-state index in [1.54, 1.807) is 24.3 Å². The Bertz CT molecular complexity index is 584. The number of halogens is 4. The lowest BCUT2D eigenvalue weighted by molar-refractivity contribution is 0.617. The van der Waals surface area contributed by atoms with Crippen LogP contribution in [0.25, 0.3) is 0 Å². The van der Waals surface area contributed by atoms with E-state index in [2.05, 4.69) is 15.9 Å². The highest BCUT2D eigenvalue weighted by Crippen LogP contribution is 2.26. The third-order valence-electron chi connectivity index (χ3n) is 2.76. The Kier molecular flexibility index (Phi) is 4.85. The minimum Gasteiger partial charge on any atom is -0.324 e. The van der Waals surface area contributed by atoms with Crippen LogP contribution in [0.4, 0.5) is 4.39 Å². The van der Waals surface area contributed by atoms with Gasteiger partial charge < -0.3 is 5.73 Å². The summed E-state index contributed by atoms with van der Waals surface area (Å²) in [5, 5.41) is 1.21. The van der Waals surface area contributed by atoms with Crippen molar-refractivity contribution in [3.8, 4) is 0 Å². The van der Waals surface area contributed by atoms with Crippen LogP contribution in [0, 0.1) is 5.82 Å². The smallest absolute Gasteiger partial charge is 0.124 e. The highest BCUT2D eigenvalue weighted by molar-refractivity contribution is 9.10. The lowest BCUT2D eigenvalue weighted by Crippen LogP contribution is -2.14. The minimum atomic E-state index is -0.344. The maximum absolute atomic E-state index is 13.3. The normalized spacial score (nSPS) is 12.5. The van der Waals surface area contributed by atoms with Crippen LogP contribution in [-0.4, -0.2) is 0 Å². The molecule has 1 nitrogen and oxygen atoms in total. The number of benzene rings is 2. The topological polar surface area (TPSA) is 26.0 Å². The Morgan fingerprint density at radius 3 is 2.58 bits per heavy atom. The molecule has 2 aromatic rings. The molecule has 19 heavy (non-hydrogen) atoms. The van der Waals surface area contributed by atoms with Gasteiger partial charge in [0.15, 0.2) is 0 Å². The largest absolute Gasteiger partial charge is 0.324 e. The van der Waals surface area contributed by atoms with Crippen LogP contribution >= 0.6 is 39.1 Å². The summed E-state index contributed by atoms with van der Waals surface area (Å²) in [7, 11) is 0. The monoisotopic (exact) mass is 361 g/mol. The Morgan fingerprint density at radius 2 is 1.89 bits per heavy atom. The lowest BCUT2D eigenvalue weighted by Gasteiger charge is -2.14. The molecule has 1 atom stereocenters. The van der Waals surface area contributed by atoms with Crippen LogP contribution in [-0.2, 0) is 6.42 Å². The first-order valence-corrected chi connectivity index (χ1v) is 7.16. The molecule has 0 aromatic heterocycles. The van der Waals surface area contributed by atoms with Gasteiger partial charge in [0, 0.05) is 20.6 Å². The average Bonchev–Trinajstić information content (AvgIpc) is 2.32. The summed E-state index contributed by atoms with van der Waals surface area (Å²) >= 11 is 15.3. The number of nitrogens with two attached hydrogens (primary N) is 1. The summed E-state index contributed by atoms with van der Waals surface area (Å²) in [6.07, 6.45) is 0.495. The zero-order valence-corrected chi connectivity index (χ0v) is 12.9. The molecule has 5 heteroatoms. The van der Waals surface area contributed by atoms with E-state index in [4.69, 9.17) is 28.9 Å². The van der Waals surface area contributed by atoms with Gasteiger partial charge in [0.05, 0.1) is 0 Å². The summed E-state index contributed by atoms with van der Waals surface area (Å²) in [5.74, 6) is -0.322. The molecule has 0 heterocycles. The molecular formula is C14H11BrCl2FN. The predicted molar refractivity (Wildman–Crippen MR) is 81.2 cm³/mol. The van der Waals surface area contributed by atoms with Gasteiger partial charge in [0.25, 0.3) is 0 Å². The molecule has 1 unspecified atom stereocenters. The minimum absolute atomic E-state index is 0.322. The molecular weight excluding hydrogens is 352 g/mol. The molecule has 2 rings (SSSR count). The van der Waals surface area contributed by atoms with Gasteiger partial charge in [-0.05, 0) is 53.9 Å². The van der Waals surface area contributed by atoms with Crippen molar-refractivity contribution in [1.29, 1.82) is 0 Å². The van der Waals surface area contributed by atoms with Gasteiger partial charge in [0.1, 0.15) is 5.82 Å². The van der Waals surface area contributed by atoms with Crippen LogP contribution in [0.5, 0.6) is 0 Å². The van der Waals surface area contributed by atoms with Crippen LogP contribution in [0.15, 0.2) is 40.9 Å². The average molecular weight is 363 g/mol. The fourth-order valence-corrected chi connectivity index (χ4v) is 2.72. The molecule has 0 aliphatic heterocycles. The molecule has 2 N–H and O–H groups in total. The summed E-state index contributed by atoms with van der Waals surface area (Å²) in [5.41, 5.74) is 7.65. The Balaban J connectivity index is 2.25. The number of hydrogen-bond donors (Lipinski definition) is 1. The molecule has 0 spiro atoms. The van der Waals surface area contributed by atoms with Gasteiger partial charge in [-0.2, -0.15) is 0 Å². The van der Waals surface area contributed by atoms with Crippen LogP contribution in [0.3, 0.4) is 0 Å². The third-order valence-corrected chi connectivity index (χ3v) is 3.82. The second kappa shape index (κ2) is 6.23. The first-order chi connectivity index (χ1) is 8.95. The summed E-state index contributed by atoms with van der Waals surface area (Å²) in [6.45, 7) is 0. The van der Waals surface area contributed by atoms with E-state index in [1.807, 2.05) is 0 Å². The molecule has 2 aromatic carbocycles. The first kappa shape index (κ1) is 14.8. The van der Waals surface area contributed by atoms with E-state index >= 15 is 0 Å². The van der Waals surface area contributed by atoms with Gasteiger partial charge in [-0.3, -0.25) is 0 Å². The second-order valence-electron chi connectivity index (χ2n) is 4.25. The molecule has 0 fully saturated rings. The Labute approximate surface area is 129 Å². The second-order valence-corrected chi connectivity index (χ2v) is 6.01. The Hall–Kier alpha value is -0.610. The van der Waals surface area contributed by atoms with E-state index in [0.29, 0.717) is 26.5 Å².